The van der Waals surface area contributed by atoms with Crippen molar-refractivity contribution in [2.45, 2.75) is 31.6 Å². The molecule has 2 heterocycles. The van der Waals surface area contributed by atoms with Gasteiger partial charge in [0.2, 0.25) is 0 Å². The van der Waals surface area contributed by atoms with Gasteiger partial charge in [-0.2, -0.15) is 0 Å². The predicted octanol–water partition coefficient (Wildman–Crippen LogP) is 4.23. The summed E-state index contributed by atoms with van der Waals surface area (Å²) < 4.78 is 17.0. The molecule has 0 spiro atoms. The maximum absolute atomic E-state index is 10.7. The van der Waals surface area contributed by atoms with Gasteiger partial charge in [-0.3, -0.25) is 0 Å². The monoisotopic (exact) mass is 408 g/mol. The quantitative estimate of drug-likeness (QED) is 0.390. The molecule has 6 heteroatoms. The molecule has 30 heavy (non-hydrogen) atoms. The Bertz CT molecular complexity index is 976. The number of hydrogen-bond donors (Lipinski definition) is 0. The van der Waals surface area contributed by atoms with E-state index in [4.69, 9.17) is 14.0 Å². The lowest BCUT2D eigenvalue weighted by Gasteiger charge is -2.30. The standard InChI is InChI=1S/C24H28N2O4/c1-28-23-17-18(11-15-27)7-8-22(23)29-16-4-12-26-13-9-19(10-14-26)24-20-5-2-3-6-21(20)25-30-24/h2-3,5-8,15,17,19H,4,9-14,16H2,1H3. The van der Waals surface area contributed by atoms with Gasteiger partial charge in [0.1, 0.15) is 17.6 Å². The molecule has 1 fully saturated rings. The van der Waals surface area contributed by atoms with E-state index in [9.17, 15) is 4.79 Å². The summed E-state index contributed by atoms with van der Waals surface area (Å²) in [5.41, 5.74) is 1.87. The SMILES string of the molecule is COc1cc(CC=O)ccc1OCCCN1CCC(c2onc3ccccc23)CC1. The molecule has 0 N–H and O–H groups in total. The summed E-state index contributed by atoms with van der Waals surface area (Å²) >= 11 is 0. The fraction of sp³-hybridized carbons (Fsp3) is 0.417. The molecule has 1 aromatic heterocycles. The van der Waals surface area contributed by atoms with Crippen molar-refractivity contribution in [3.8, 4) is 11.5 Å². The number of aromatic nitrogens is 1. The highest BCUT2D eigenvalue weighted by molar-refractivity contribution is 5.80. The van der Waals surface area contributed by atoms with Gasteiger partial charge in [0.25, 0.3) is 0 Å². The van der Waals surface area contributed by atoms with E-state index >= 15 is 0 Å². The van der Waals surface area contributed by atoms with Crippen LogP contribution >= 0.6 is 0 Å². The second-order valence-electron chi connectivity index (χ2n) is 7.74. The zero-order chi connectivity index (χ0) is 20.8. The molecule has 2 aromatic carbocycles. The molecule has 1 aliphatic rings. The van der Waals surface area contributed by atoms with E-state index in [0.717, 1.165) is 73.2 Å². The van der Waals surface area contributed by atoms with Crippen molar-refractivity contribution in [1.82, 2.24) is 10.1 Å². The highest BCUT2D eigenvalue weighted by Crippen LogP contribution is 2.33. The third-order valence-corrected chi connectivity index (χ3v) is 5.79. The molecule has 1 saturated heterocycles. The van der Waals surface area contributed by atoms with Crippen LogP contribution in [0.15, 0.2) is 47.0 Å². The Balaban J connectivity index is 1.22. The Morgan fingerprint density at radius 2 is 2.00 bits per heavy atom. The van der Waals surface area contributed by atoms with E-state index in [0.29, 0.717) is 24.7 Å². The first kappa shape index (κ1) is 20.4. The van der Waals surface area contributed by atoms with Crippen LogP contribution < -0.4 is 9.47 Å². The summed E-state index contributed by atoms with van der Waals surface area (Å²) in [7, 11) is 1.62. The number of benzene rings is 2. The van der Waals surface area contributed by atoms with Gasteiger partial charge >= 0.3 is 0 Å². The van der Waals surface area contributed by atoms with Gasteiger partial charge in [-0.05, 0) is 62.2 Å². The number of likely N-dealkylation sites (tertiary alicyclic amines) is 1. The summed E-state index contributed by atoms with van der Waals surface area (Å²) in [6.45, 7) is 3.76. The molecule has 6 nitrogen and oxygen atoms in total. The molecule has 0 atom stereocenters. The molecule has 0 amide bonds. The second-order valence-corrected chi connectivity index (χ2v) is 7.74. The lowest BCUT2D eigenvalue weighted by atomic mass is 9.92. The average Bonchev–Trinajstić information content (AvgIpc) is 3.22. The van der Waals surface area contributed by atoms with Crippen molar-refractivity contribution < 1.29 is 18.8 Å². The smallest absolute Gasteiger partial charge is 0.161 e. The Kier molecular flexibility index (Phi) is 6.64. The normalized spacial score (nSPS) is 15.4. The molecule has 0 bridgehead atoms. The third-order valence-electron chi connectivity index (χ3n) is 5.79. The molecular formula is C24H28N2O4. The molecule has 158 valence electrons. The minimum Gasteiger partial charge on any atom is -0.493 e. The number of piperidine rings is 1. The maximum atomic E-state index is 10.7. The molecule has 0 saturated carbocycles. The maximum Gasteiger partial charge on any atom is 0.161 e. The summed E-state index contributed by atoms with van der Waals surface area (Å²) in [5, 5.41) is 5.35. The van der Waals surface area contributed by atoms with Gasteiger partial charge < -0.3 is 23.7 Å². The number of aldehydes is 1. The third kappa shape index (κ3) is 4.65. The lowest BCUT2D eigenvalue weighted by molar-refractivity contribution is -0.107. The van der Waals surface area contributed by atoms with Crippen molar-refractivity contribution in [2.75, 3.05) is 33.4 Å². The van der Waals surface area contributed by atoms with Crippen LogP contribution in [0, 0.1) is 0 Å². The van der Waals surface area contributed by atoms with E-state index in [2.05, 4.69) is 16.1 Å². The highest BCUT2D eigenvalue weighted by Gasteiger charge is 2.25. The van der Waals surface area contributed by atoms with Crippen molar-refractivity contribution in [1.29, 1.82) is 0 Å². The zero-order valence-electron chi connectivity index (χ0n) is 17.4. The number of nitrogens with zero attached hydrogens (tertiary/aromatic N) is 2. The lowest BCUT2D eigenvalue weighted by Crippen LogP contribution is -2.34. The van der Waals surface area contributed by atoms with Gasteiger partial charge in [-0.1, -0.05) is 23.4 Å². The van der Waals surface area contributed by atoms with E-state index < -0.39 is 0 Å². The Morgan fingerprint density at radius 3 is 2.80 bits per heavy atom. The number of rotatable bonds is 9. The highest BCUT2D eigenvalue weighted by atomic mass is 16.5. The van der Waals surface area contributed by atoms with Crippen LogP contribution in [0.1, 0.15) is 36.5 Å². The van der Waals surface area contributed by atoms with Gasteiger partial charge in [-0.25, -0.2) is 0 Å². The number of methoxy groups -OCH3 is 1. The van der Waals surface area contributed by atoms with Gasteiger partial charge in [-0.15, -0.1) is 0 Å². The number of carbonyl (C=O) groups excluding carboxylic acids is 1. The van der Waals surface area contributed by atoms with E-state index in [1.165, 1.54) is 0 Å². The van der Waals surface area contributed by atoms with Crippen LogP contribution in [0.4, 0.5) is 0 Å². The predicted molar refractivity (Wildman–Crippen MR) is 115 cm³/mol. The van der Waals surface area contributed by atoms with Crippen molar-refractivity contribution >= 4 is 17.2 Å². The van der Waals surface area contributed by atoms with Gasteiger partial charge in [0.05, 0.1) is 13.7 Å². The molecule has 3 aromatic rings. The summed E-state index contributed by atoms with van der Waals surface area (Å²) in [4.78, 5) is 13.2. The van der Waals surface area contributed by atoms with Crippen LogP contribution in [0.3, 0.4) is 0 Å². The van der Waals surface area contributed by atoms with Crippen LogP contribution in [0.2, 0.25) is 0 Å². The first-order valence-corrected chi connectivity index (χ1v) is 10.6. The van der Waals surface area contributed by atoms with Crippen molar-refractivity contribution in [2.24, 2.45) is 0 Å². The molecule has 4 rings (SSSR count). The van der Waals surface area contributed by atoms with E-state index in [1.54, 1.807) is 7.11 Å². The Morgan fingerprint density at radius 1 is 1.17 bits per heavy atom. The van der Waals surface area contributed by atoms with Crippen LogP contribution in [-0.2, 0) is 11.2 Å². The van der Waals surface area contributed by atoms with Crippen molar-refractivity contribution in [3.63, 3.8) is 0 Å². The molecule has 0 aliphatic carbocycles. The average molecular weight is 408 g/mol. The number of fused-ring (bicyclic) bond motifs is 1. The minimum atomic E-state index is 0.385. The topological polar surface area (TPSA) is 64.8 Å². The first-order chi connectivity index (χ1) is 14.8. The number of hydrogen-bond acceptors (Lipinski definition) is 6. The minimum absolute atomic E-state index is 0.385. The molecular weight excluding hydrogens is 380 g/mol. The van der Waals surface area contributed by atoms with Crippen molar-refractivity contribution in [3.05, 3.63) is 53.8 Å². The first-order valence-electron chi connectivity index (χ1n) is 10.6. The number of ether oxygens (including phenoxy) is 2. The van der Waals surface area contributed by atoms with E-state index in [-0.39, 0.29) is 0 Å². The summed E-state index contributed by atoms with van der Waals surface area (Å²) in [6.07, 6.45) is 4.41. The molecule has 0 unspecified atom stereocenters. The van der Waals surface area contributed by atoms with Crippen LogP contribution in [-0.4, -0.2) is 49.7 Å². The number of carbonyl (C=O) groups is 1. The van der Waals surface area contributed by atoms with Crippen LogP contribution in [0.5, 0.6) is 11.5 Å². The summed E-state index contributed by atoms with van der Waals surface area (Å²) in [6, 6.07) is 13.8. The van der Waals surface area contributed by atoms with Gasteiger partial charge in [0.15, 0.2) is 11.5 Å². The Hall–Kier alpha value is -2.86. The zero-order valence-corrected chi connectivity index (χ0v) is 17.4. The summed E-state index contributed by atoms with van der Waals surface area (Å²) in [5.74, 6) is 2.88. The second kappa shape index (κ2) is 9.76. The molecule has 0 radical (unpaired) electrons. The largest absolute Gasteiger partial charge is 0.493 e. The Labute approximate surface area is 176 Å². The molecule has 1 aliphatic heterocycles. The van der Waals surface area contributed by atoms with E-state index in [1.807, 2.05) is 36.4 Å². The van der Waals surface area contributed by atoms with Gasteiger partial charge in [0, 0.05) is 24.3 Å². The fourth-order valence-electron chi connectivity index (χ4n) is 4.15. The fourth-order valence-corrected chi connectivity index (χ4v) is 4.15. The van der Waals surface area contributed by atoms with Crippen LogP contribution in [0.25, 0.3) is 10.9 Å².